The van der Waals surface area contributed by atoms with Crippen LogP contribution >= 0.6 is 0 Å². The van der Waals surface area contributed by atoms with Crippen LogP contribution in [0.5, 0.6) is 0 Å². The average molecular weight is 304 g/mol. The Hall–Kier alpha value is -0.890. The summed E-state index contributed by atoms with van der Waals surface area (Å²) in [5.74, 6) is 0.755. The highest BCUT2D eigenvalue weighted by Crippen LogP contribution is 2.26. The number of hydrogen-bond acceptors (Lipinski definition) is 5. The second-order valence-corrected chi connectivity index (χ2v) is 6.79. The zero-order valence-corrected chi connectivity index (χ0v) is 13.4. The highest BCUT2D eigenvalue weighted by molar-refractivity contribution is 7.89. The van der Waals surface area contributed by atoms with Crippen LogP contribution in [-0.2, 0) is 16.6 Å². The molecule has 0 aromatic carbocycles. The van der Waals surface area contributed by atoms with E-state index in [1.165, 1.54) is 0 Å². The number of rotatable bonds is 8. The molecule has 0 saturated carbocycles. The molecule has 0 aliphatic carbocycles. The number of hydrogen-bond donors (Lipinski definition) is 2. The molecule has 0 radical (unpaired) electrons. The van der Waals surface area contributed by atoms with Gasteiger partial charge in [0.15, 0.2) is 0 Å². The van der Waals surface area contributed by atoms with Crippen LogP contribution in [0.4, 0.5) is 0 Å². The molecule has 116 valence electrons. The third-order valence-corrected chi connectivity index (χ3v) is 4.73. The normalized spacial score (nSPS) is 12.3. The van der Waals surface area contributed by atoms with E-state index in [1.54, 1.807) is 13.8 Å². The highest BCUT2D eigenvalue weighted by Gasteiger charge is 2.25. The first-order chi connectivity index (χ1) is 9.29. The molecule has 1 aromatic rings. The van der Waals surface area contributed by atoms with Crippen LogP contribution in [0.3, 0.4) is 0 Å². The first kappa shape index (κ1) is 17.2. The predicted molar refractivity (Wildman–Crippen MR) is 77.1 cm³/mol. The topological polar surface area (TPSA) is 82.8 Å². The molecule has 0 fully saturated rings. The van der Waals surface area contributed by atoms with E-state index in [9.17, 15) is 13.5 Å². The zero-order chi connectivity index (χ0) is 15.3. The molecule has 0 amide bonds. The molecule has 0 spiro atoms. The monoisotopic (exact) mass is 304 g/mol. The third-order valence-electron chi connectivity index (χ3n) is 3.08. The first-order valence-corrected chi connectivity index (χ1v) is 8.12. The molecule has 0 aliphatic rings. The van der Waals surface area contributed by atoms with E-state index in [0.717, 1.165) is 19.4 Å². The number of nitrogens with zero attached hydrogens (tertiary/aromatic N) is 1. The van der Waals surface area contributed by atoms with Gasteiger partial charge in [0.05, 0.1) is 6.61 Å². The number of aryl methyl sites for hydroxylation is 2. The number of furan rings is 1. The van der Waals surface area contributed by atoms with E-state index in [0.29, 0.717) is 23.6 Å². The Morgan fingerprint density at radius 1 is 1.20 bits per heavy atom. The molecule has 1 aromatic heterocycles. The minimum Gasteiger partial charge on any atom is -0.465 e. The molecule has 2 N–H and O–H groups in total. The lowest BCUT2D eigenvalue weighted by molar-refractivity contribution is 0.276. The largest absolute Gasteiger partial charge is 0.465 e. The molecule has 0 bridgehead atoms. The summed E-state index contributed by atoms with van der Waals surface area (Å²) in [5, 5.41) is 9.29. The van der Waals surface area contributed by atoms with Gasteiger partial charge in [-0.2, -0.15) is 0 Å². The number of aliphatic hydroxyl groups is 1. The van der Waals surface area contributed by atoms with E-state index in [4.69, 9.17) is 4.42 Å². The second-order valence-electron chi connectivity index (χ2n) is 5.09. The van der Waals surface area contributed by atoms with Gasteiger partial charge in [-0.25, -0.2) is 13.1 Å². The van der Waals surface area contributed by atoms with Crippen LogP contribution in [0.25, 0.3) is 0 Å². The van der Waals surface area contributed by atoms with Crippen molar-refractivity contribution in [3.05, 3.63) is 17.1 Å². The van der Waals surface area contributed by atoms with Crippen molar-refractivity contribution in [2.75, 3.05) is 27.2 Å². The second kappa shape index (κ2) is 7.21. The lowest BCUT2D eigenvalue weighted by atomic mass is 10.2. The van der Waals surface area contributed by atoms with Crippen molar-refractivity contribution in [2.24, 2.45) is 0 Å². The van der Waals surface area contributed by atoms with Crippen molar-refractivity contribution < 1.29 is 17.9 Å². The summed E-state index contributed by atoms with van der Waals surface area (Å²) in [6, 6.07) is 0. The molecule has 20 heavy (non-hydrogen) atoms. The Morgan fingerprint density at radius 3 is 2.40 bits per heavy atom. The van der Waals surface area contributed by atoms with Gasteiger partial charge in [0.2, 0.25) is 10.0 Å². The molecule has 6 nitrogen and oxygen atoms in total. The van der Waals surface area contributed by atoms with Crippen LogP contribution in [-0.4, -0.2) is 45.6 Å². The summed E-state index contributed by atoms with van der Waals surface area (Å²) in [4.78, 5) is 2.13. The quantitative estimate of drug-likeness (QED) is 0.700. The maximum atomic E-state index is 12.3. The highest BCUT2D eigenvalue weighted by atomic mass is 32.2. The molecular formula is C13H24N2O4S. The van der Waals surface area contributed by atoms with Crippen molar-refractivity contribution in [3.8, 4) is 0 Å². The standard InChI is InChI=1S/C13H24N2O4S/c1-10-12(9-16)13(11(2)19-10)20(17,18)14-7-5-6-8-15(3)4/h14,16H,5-9H2,1-4H3. The summed E-state index contributed by atoms with van der Waals surface area (Å²) in [5.41, 5.74) is 0.336. The van der Waals surface area contributed by atoms with Crippen molar-refractivity contribution in [3.63, 3.8) is 0 Å². The van der Waals surface area contributed by atoms with Crippen LogP contribution < -0.4 is 4.72 Å². The van der Waals surface area contributed by atoms with Crippen LogP contribution in [0.1, 0.15) is 29.9 Å². The molecular weight excluding hydrogens is 280 g/mol. The molecule has 0 atom stereocenters. The zero-order valence-electron chi connectivity index (χ0n) is 12.6. The van der Waals surface area contributed by atoms with Gasteiger partial charge in [0.1, 0.15) is 16.4 Å². The van der Waals surface area contributed by atoms with Gasteiger partial charge in [-0.1, -0.05) is 0 Å². The Bertz CT molecular complexity index is 535. The fraction of sp³-hybridized carbons (Fsp3) is 0.692. The van der Waals surface area contributed by atoms with E-state index < -0.39 is 10.0 Å². The van der Waals surface area contributed by atoms with Crippen LogP contribution in [0, 0.1) is 13.8 Å². The Balaban J connectivity index is 2.70. The number of nitrogens with one attached hydrogen (secondary N) is 1. The summed E-state index contributed by atoms with van der Waals surface area (Å²) in [6.45, 7) is 4.19. The first-order valence-electron chi connectivity index (χ1n) is 6.63. The summed E-state index contributed by atoms with van der Waals surface area (Å²) in [7, 11) is 0.332. The van der Waals surface area contributed by atoms with Gasteiger partial charge < -0.3 is 14.4 Å². The van der Waals surface area contributed by atoms with Crippen molar-refractivity contribution >= 4 is 10.0 Å². The van der Waals surface area contributed by atoms with E-state index in [-0.39, 0.29) is 11.5 Å². The summed E-state index contributed by atoms with van der Waals surface area (Å²) in [6.07, 6.45) is 1.69. The molecule has 1 heterocycles. The van der Waals surface area contributed by atoms with Gasteiger partial charge in [-0.15, -0.1) is 0 Å². The van der Waals surface area contributed by atoms with E-state index in [1.807, 2.05) is 14.1 Å². The fourth-order valence-corrected chi connectivity index (χ4v) is 3.59. The maximum absolute atomic E-state index is 12.3. The Labute approximate surface area is 120 Å². The van der Waals surface area contributed by atoms with Gasteiger partial charge in [-0.3, -0.25) is 0 Å². The SMILES string of the molecule is Cc1oc(C)c(S(=O)(=O)NCCCCN(C)C)c1CO. The summed E-state index contributed by atoms with van der Waals surface area (Å²) >= 11 is 0. The number of sulfonamides is 1. The van der Waals surface area contributed by atoms with Crippen molar-refractivity contribution in [2.45, 2.75) is 38.2 Å². The molecule has 0 saturated heterocycles. The van der Waals surface area contributed by atoms with E-state index >= 15 is 0 Å². The molecule has 0 unspecified atom stereocenters. The van der Waals surface area contributed by atoms with Gasteiger partial charge in [-0.05, 0) is 47.3 Å². The van der Waals surface area contributed by atoms with Gasteiger partial charge >= 0.3 is 0 Å². The Kier molecular flexibility index (Phi) is 6.19. The smallest absolute Gasteiger partial charge is 0.244 e. The van der Waals surface area contributed by atoms with E-state index in [2.05, 4.69) is 9.62 Å². The fourth-order valence-electron chi connectivity index (χ4n) is 2.08. The molecule has 0 aliphatic heterocycles. The minimum atomic E-state index is -3.63. The predicted octanol–water partition coefficient (Wildman–Crippen LogP) is 1.01. The van der Waals surface area contributed by atoms with Crippen LogP contribution in [0.2, 0.25) is 0 Å². The maximum Gasteiger partial charge on any atom is 0.244 e. The lowest BCUT2D eigenvalue weighted by Gasteiger charge is -2.10. The third kappa shape index (κ3) is 4.31. The number of aliphatic hydroxyl groups excluding tert-OH is 1. The summed E-state index contributed by atoms with van der Waals surface area (Å²) < 4.78 is 32.4. The molecule has 1 rings (SSSR count). The number of unbranched alkanes of at least 4 members (excludes halogenated alkanes) is 1. The van der Waals surface area contributed by atoms with Gasteiger partial charge in [0.25, 0.3) is 0 Å². The van der Waals surface area contributed by atoms with Crippen molar-refractivity contribution in [1.82, 2.24) is 9.62 Å². The molecule has 7 heteroatoms. The minimum absolute atomic E-state index is 0.0742. The van der Waals surface area contributed by atoms with Crippen LogP contribution in [0.15, 0.2) is 9.31 Å². The Morgan fingerprint density at radius 2 is 1.85 bits per heavy atom. The van der Waals surface area contributed by atoms with Gasteiger partial charge in [0, 0.05) is 12.1 Å². The van der Waals surface area contributed by atoms with Crippen molar-refractivity contribution in [1.29, 1.82) is 0 Å². The average Bonchev–Trinajstić information content (AvgIpc) is 2.63. The lowest BCUT2D eigenvalue weighted by Crippen LogP contribution is -2.26.